The Bertz CT molecular complexity index is 961. The number of aliphatic hydroxyl groups is 1. The second-order valence-electron chi connectivity index (χ2n) is 7.95. The van der Waals surface area contributed by atoms with Crippen LogP contribution in [0, 0.1) is 5.92 Å². The average molecular weight is 540 g/mol. The molecule has 2 aliphatic heterocycles. The van der Waals surface area contributed by atoms with E-state index in [2.05, 4.69) is 21.2 Å². The van der Waals surface area contributed by atoms with Crippen LogP contribution in [-0.4, -0.2) is 86.1 Å². The molecule has 12 heteroatoms. The van der Waals surface area contributed by atoms with Gasteiger partial charge in [0.05, 0.1) is 29.6 Å². The van der Waals surface area contributed by atoms with Gasteiger partial charge in [-0.05, 0) is 24.5 Å². The van der Waals surface area contributed by atoms with E-state index >= 15 is 0 Å². The SMILES string of the molecule is CC(C)[C@H](NC(=O)CBr)C(=O)O.O=C1CCC(N2C(=O)c3ccccc3C2=O)C(=O)N1CCO. The molecule has 1 aromatic rings. The fourth-order valence-electron chi connectivity index (χ4n) is 3.61. The van der Waals surface area contributed by atoms with Crippen molar-refractivity contribution >= 4 is 51.4 Å². The highest BCUT2D eigenvalue weighted by Crippen LogP contribution is 2.28. The van der Waals surface area contributed by atoms with E-state index in [0.29, 0.717) is 0 Å². The monoisotopic (exact) mass is 539 g/mol. The van der Waals surface area contributed by atoms with Crippen molar-refractivity contribution in [2.75, 3.05) is 18.5 Å². The number of piperidine rings is 1. The summed E-state index contributed by atoms with van der Waals surface area (Å²) in [4.78, 5) is 72.2. The highest BCUT2D eigenvalue weighted by Gasteiger charge is 2.46. The maximum Gasteiger partial charge on any atom is 0.326 e. The first-order chi connectivity index (χ1) is 16.0. The zero-order valence-corrected chi connectivity index (χ0v) is 20.3. The number of carbonyl (C=O) groups is 6. The summed E-state index contributed by atoms with van der Waals surface area (Å²) in [5, 5.41) is 20.1. The maximum absolute atomic E-state index is 12.4. The number of likely N-dealkylation sites (tertiary alicyclic amines) is 1. The van der Waals surface area contributed by atoms with Crippen LogP contribution in [0.5, 0.6) is 0 Å². The van der Waals surface area contributed by atoms with Crippen molar-refractivity contribution in [3.8, 4) is 0 Å². The maximum atomic E-state index is 12.4. The lowest BCUT2D eigenvalue weighted by Crippen LogP contribution is -2.56. The second kappa shape index (κ2) is 11.8. The van der Waals surface area contributed by atoms with Gasteiger partial charge in [-0.15, -0.1) is 0 Å². The van der Waals surface area contributed by atoms with Crippen LogP contribution in [0.3, 0.4) is 0 Å². The number of carboxylic acid groups (broad SMARTS) is 1. The number of aliphatic hydroxyl groups excluding tert-OH is 1. The van der Waals surface area contributed by atoms with Gasteiger partial charge < -0.3 is 15.5 Å². The topological polar surface area (TPSA) is 161 Å². The number of β-amino-alcohol motifs (C(OH)–C–C–N with tert-alkyl or cyclic N) is 1. The summed E-state index contributed by atoms with van der Waals surface area (Å²) >= 11 is 2.94. The van der Waals surface area contributed by atoms with Gasteiger partial charge in [-0.2, -0.15) is 0 Å². The molecule has 1 unspecified atom stereocenters. The molecule has 184 valence electrons. The van der Waals surface area contributed by atoms with Crippen molar-refractivity contribution in [3.63, 3.8) is 0 Å². The van der Waals surface area contributed by atoms with Crippen molar-refractivity contribution < 1.29 is 39.0 Å². The molecule has 0 aromatic heterocycles. The van der Waals surface area contributed by atoms with E-state index in [1.807, 2.05) is 0 Å². The molecule has 2 heterocycles. The minimum absolute atomic E-state index is 0.0593. The van der Waals surface area contributed by atoms with Crippen LogP contribution in [-0.2, 0) is 19.2 Å². The highest BCUT2D eigenvalue weighted by molar-refractivity contribution is 9.09. The molecule has 0 aliphatic carbocycles. The molecule has 0 saturated carbocycles. The molecule has 0 bridgehead atoms. The first-order valence-electron chi connectivity index (χ1n) is 10.5. The summed E-state index contributed by atoms with van der Waals surface area (Å²) in [6.07, 6.45) is 0.175. The number of carboxylic acids is 1. The third-order valence-corrected chi connectivity index (χ3v) is 5.82. The number of nitrogens with zero attached hydrogens (tertiary/aromatic N) is 2. The van der Waals surface area contributed by atoms with E-state index in [-0.39, 0.29) is 54.3 Å². The summed E-state index contributed by atoms with van der Waals surface area (Å²) in [6.45, 7) is 3.00. The fraction of sp³-hybridized carbons (Fsp3) is 0.455. The summed E-state index contributed by atoms with van der Waals surface area (Å²) in [5.74, 6) is -3.46. The molecule has 2 aliphatic rings. The molecular weight excluding hydrogens is 514 g/mol. The van der Waals surface area contributed by atoms with Gasteiger partial charge in [0.25, 0.3) is 17.7 Å². The van der Waals surface area contributed by atoms with Crippen LogP contribution in [0.15, 0.2) is 24.3 Å². The molecule has 2 atom stereocenters. The molecule has 11 nitrogen and oxygen atoms in total. The number of benzene rings is 1. The van der Waals surface area contributed by atoms with Crippen LogP contribution in [0.1, 0.15) is 47.4 Å². The zero-order chi connectivity index (χ0) is 25.6. The minimum Gasteiger partial charge on any atom is -0.480 e. The van der Waals surface area contributed by atoms with E-state index in [9.17, 15) is 28.8 Å². The summed E-state index contributed by atoms with van der Waals surface area (Å²) in [5.41, 5.74) is 0.539. The predicted molar refractivity (Wildman–Crippen MR) is 122 cm³/mol. The lowest BCUT2D eigenvalue weighted by molar-refractivity contribution is -0.152. The van der Waals surface area contributed by atoms with E-state index in [0.717, 1.165) is 9.80 Å². The number of imide groups is 2. The molecule has 1 saturated heterocycles. The average Bonchev–Trinajstić information content (AvgIpc) is 3.05. The number of hydrogen-bond donors (Lipinski definition) is 3. The van der Waals surface area contributed by atoms with Crippen LogP contribution >= 0.6 is 15.9 Å². The highest BCUT2D eigenvalue weighted by atomic mass is 79.9. The number of halogens is 1. The number of carbonyl (C=O) groups excluding carboxylic acids is 5. The number of fused-ring (bicyclic) bond motifs is 1. The van der Waals surface area contributed by atoms with Gasteiger partial charge in [-0.3, -0.25) is 33.8 Å². The minimum atomic E-state index is -1.00. The van der Waals surface area contributed by atoms with Gasteiger partial charge in [0.1, 0.15) is 12.1 Å². The molecule has 1 aromatic carbocycles. The largest absolute Gasteiger partial charge is 0.480 e. The van der Waals surface area contributed by atoms with Gasteiger partial charge in [0.2, 0.25) is 11.8 Å². The Hall–Kier alpha value is -3.12. The Morgan fingerprint density at radius 1 is 1.12 bits per heavy atom. The van der Waals surface area contributed by atoms with E-state index in [1.165, 1.54) is 0 Å². The Labute approximate surface area is 204 Å². The molecule has 3 rings (SSSR count). The van der Waals surface area contributed by atoms with Gasteiger partial charge in [0, 0.05) is 6.42 Å². The number of amides is 5. The number of nitrogens with one attached hydrogen (secondary N) is 1. The third kappa shape index (κ3) is 5.86. The smallest absolute Gasteiger partial charge is 0.326 e. The van der Waals surface area contributed by atoms with Crippen molar-refractivity contribution in [1.82, 2.24) is 15.1 Å². The van der Waals surface area contributed by atoms with Gasteiger partial charge in [0.15, 0.2) is 0 Å². The number of rotatable bonds is 7. The first-order valence-corrected chi connectivity index (χ1v) is 11.7. The Kier molecular flexibility index (Phi) is 9.45. The molecule has 3 N–H and O–H groups in total. The first kappa shape index (κ1) is 27.1. The van der Waals surface area contributed by atoms with Gasteiger partial charge in [-0.1, -0.05) is 41.9 Å². The van der Waals surface area contributed by atoms with E-state index in [4.69, 9.17) is 10.2 Å². The predicted octanol–water partition coefficient (Wildman–Crippen LogP) is 0.399. The lowest BCUT2D eigenvalue weighted by atomic mass is 10.0. The normalized spacial score (nSPS) is 18.4. The Morgan fingerprint density at radius 2 is 1.68 bits per heavy atom. The standard InChI is InChI=1S/C15H14N2O5.C7H12BrNO3/c18-8-7-16-12(19)6-5-11(15(16)22)17-13(20)9-3-1-2-4-10(9)14(17)21;1-4(2)6(7(11)12)9-5(10)3-8/h1-4,11,18H,5-8H2;4,6H,3H2,1-2H3,(H,9,10)(H,11,12)/t;6-/m.0/s1. The summed E-state index contributed by atoms with van der Waals surface area (Å²) in [6, 6.07) is 4.60. The van der Waals surface area contributed by atoms with Gasteiger partial charge in [-0.25, -0.2) is 4.79 Å². The molecular formula is C22H26BrN3O8. The molecule has 0 spiro atoms. The van der Waals surface area contributed by atoms with Crippen molar-refractivity contribution in [1.29, 1.82) is 0 Å². The van der Waals surface area contributed by atoms with Gasteiger partial charge >= 0.3 is 5.97 Å². The van der Waals surface area contributed by atoms with Crippen molar-refractivity contribution in [2.45, 2.75) is 38.8 Å². The zero-order valence-electron chi connectivity index (χ0n) is 18.7. The third-order valence-electron chi connectivity index (χ3n) is 5.32. The molecule has 1 fully saturated rings. The van der Waals surface area contributed by atoms with Crippen LogP contribution in [0.25, 0.3) is 0 Å². The van der Waals surface area contributed by atoms with Crippen molar-refractivity contribution in [3.05, 3.63) is 35.4 Å². The summed E-state index contributed by atoms with van der Waals surface area (Å²) in [7, 11) is 0. The molecule has 5 amide bonds. The van der Waals surface area contributed by atoms with E-state index < -0.39 is 41.7 Å². The number of aliphatic carboxylic acids is 1. The van der Waals surface area contributed by atoms with E-state index in [1.54, 1.807) is 38.1 Å². The quantitative estimate of drug-likeness (QED) is 0.331. The Balaban J connectivity index is 0.000000292. The van der Waals surface area contributed by atoms with Crippen LogP contribution in [0.4, 0.5) is 0 Å². The fourth-order valence-corrected chi connectivity index (χ4v) is 3.77. The van der Waals surface area contributed by atoms with Crippen LogP contribution in [0.2, 0.25) is 0 Å². The molecule has 34 heavy (non-hydrogen) atoms. The molecule has 0 radical (unpaired) electrons. The Morgan fingerprint density at radius 3 is 2.12 bits per heavy atom. The number of hydrogen-bond acceptors (Lipinski definition) is 7. The van der Waals surface area contributed by atoms with Crippen molar-refractivity contribution in [2.24, 2.45) is 5.92 Å². The number of alkyl halides is 1. The second-order valence-corrected chi connectivity index (χ2v) is 8.51. The lowest BCUT2D eigenvalue weighted by Gasteiger charge is -2.34. The van der Waals surface area contributed by atoms with Crippen LogP contribution < -0.4 is 5.32 Å². The summed E-state index contributed by atoms with van der Waals surface area (Å²) < 4.78 is 0.